The van der Waals surface area contributed by atoms with E-state index < -0.39 is 5.97 Å². The van der Waals surface area contributed by atoms with Gasteiger partial charge in [-0.2, -0.15) is 0 Å². The summed E-state index contributed by atoms with van der Waals surface area (Å²) in [6, 6.07) is 18.8. The van der Waals surface area contributed by atoms with Crippen molar-refractivity contribution in [1.82, 2.24) is 0 Å². The minimum Gasteiger partial charge on any atom is -0.478 e. The zero-order valence-electron chi connectivity index (χ0n) is 15.8. The van der Waals surface area contributed by atoms with Gasteiger partial charge in [-0.3, -0.25) is 0 Å². The van der Waals surface area contributed by atoms with Gasteiger partial charge in [-0.15, -0.1) is 0 Å². The summed E-state index contributed by atoms with van der Waals surface area (Å²) in [7, 11) is 0. The number of benzene rings is 2. The number of aromatic carboxylic acids is 1. The fourth-order valence-corrected chi connectivity index (χ4v) is 1.29. The van der Waals surface area contributed by atoms with Crippen LogP contribution >= 0.6 is 0 Å². The van der Waals surface area contributed by atoms with Crippen molar-refractivity contribution in [1.29, 1.82) is 0 Å². The van der Waals surface area contributed by atoms with E-state index in [9.17, 15) is 4.79 Å². The van der Waals surface area contributed by atoms with E-state index >= 15 is 0 Å². The molecule has 2 nitrogen and oxygen atoms in total. The maximum atomic E-state index is 10.2. The van der Waals surface area contributed by atoms with Gasteiger partial charge in [-0.05, 0) is 24.1 Å². The van der Waals surface area contributed by atoms with Gasteiger partial charge in [0.15, 0.2) is 0 Å². The van der Waals surface area contributed by atoms with Gasteiger partial charge in [0.1, 0.15) is 0 Å². The first kappa shape index (κ1) is 25.8. The molecule has 0 heterocycles. The Bertz CT molecular complexity index is 436. The largest absolute Gasteiger partial charge is 0.478 e. The van der Waals surface area contributed by atoms with E-state index in [-0.39, 0.29) is 0 Å². The van der Waals surface area contributed by atoms with Gasteiger partial charge >= 0.3 is 5.97 Å². The fraction of sp³-hybridized carbons (Fsp3) is 0.381. The van der Waals surface area contributed by atoms with Gasteiger partial charge in [-0.25, -0.2) is 4.79 Å². The molecule has 130 valence electrons. The number of carboxylic acid groups (broad SMARTS) is 1. The van der Waals surface area contributed by atoms with Crippen molar-refractivity contribution < 1.29 is 9.90 Å². The summed E-state index contributed by atoms with van der Waals surface area (Å²) in [6.07, 6.45) is 1.14. The number of aryl methyl sites for hydroxylation is 1. The molecule has 0 aromatic heterocycles. The summed E-state index contributed by atoms with van der Waals surface area (Å²) < 4.78 is 0. The average molecular weight is 319 g/mol. The average Bonchev–Trinajstić information content (AvgIpc) is 2.68. The molecular weight excluding hydrogens is 284 g/mol. The lowest BCUT2D eigenvalue weighted by Crippen LogP contribution is -1.93. The summed E-state index contributed by atoms with van der Waals surface area (Å²) in [5, 5.41) is 8.38. The molecule has 0 bridgehead atoms. The van der Waals surface area contributed by atoms with Crippen LogP contribution in [-0.4, -0.2) is 11.1 Å². The molecule has 2 aromatic carbocycles. The van der Waals surface area contributed by atoms with E-state index in [1.54, 1.807) is 30.3 Å². The van der Waals surface area contributed by atoms with E-state index in [1.165, 1.54) is 5.56 Å². The third-order valence-electron chi connectivity index (χ3n) is 2.27. The molecule has 0 aliphatic rings. The predicted molar refractivity (Wildman–Crippen MR) is 103 cm³/mol. The highest BCUT2D eigenvalue weighted by molar-refractivity contribution is 5.87. The summed E-state index contributed by atoms with van der Waals surface area (Å²) in [4.78, 5) is 10.2. The van der Waals surface area contributed by atoms with Crippen LogP contribution in [0.5, 0.6) is 0 Å². The van der Waals surface area contributed by atoms with E-state index in [2.05, 4.69) is 31.2 Å². The molecule has 2 rings (SSSR count). The van der Waals surface area contributed by atoms with Gasteiger partial charge < -0.3 is 5.11 Å². The standard InChI is InChI=1S/C8H10.C7H6O2.3C2H6/c1-2-8-6-4-3-5-7-8;8-7(9)6-4-2-1-3-5-6;3*1-2/h3-7H,2H2,1H3;1-5H,(H,8,9);3*1-2H3. The Morgan fingerprint density at radius 2 is 1.09 bits per heavy atom. The van der Waals surface area contributed by atoms with Crippen molar-refractivity contribution in [2.45, 2.75) is 54.9 Å². The highest BCUT2D eigenvalue weighted by Gasteiger charge is 1.96. The van der Waals surface area contributed by atoms with Gasteiger partial charge in [0.2, 0.25) is 0 Å². The number of hydrogen-bond acceptors (Lipinski definition) is 1. The fourth-order valence-electron chi connectivity index (χ4n) is 1.29. The summed E-state index contributed by atoms with van der Waals surface area (Å²) >= 11 is 0. The van der Waals surface area contributed by atoms with Crippen molar-refractivity contribution in [2.75, 3.05) is 0 Å². The Balaban J connectivity index is -0.000000264. The maximum Gasteiger partial charge on any atom is 0.335 e. The number of hydrogen-bond donors (Lipinski definition) is 1. The summed E-state index contributed by atoms with van der Waals surface area (Å²) in [5.74, 6) is -0.879. The van der Waals surface area contributed by atoms with E-state index in [4.69, 9.17) is 5.11 Å². The number of carbonyl (C=O) groups is 1. The van der Waals surface area contributed by atoms with Crippen LogP contribution in [-0.2, 0) is 6.42 Å². The third-order valence-corrected chi connectivity index (χ3v) is 2.27. The van der Waals surface area contributed by atoms with Gasteiger partial charge in [-0.1, -0.05) is 97.0 Å². The Hall–Kier alpha value is -2.09. The molecule has 0 amide bonds. The predicted octanol–water partition coefficient (Wildman–Crippen LogP) is 6.71. The highest BCUT2D eigenvalue weighted by atomic mass is 16.4. The topological polar surface area (TPSA) is 37.3 Å². The van der Waals surface area contributed by atoms with Crippen molar-refractivity contribution in [2.24, 2.45) is 0 Å². The minimum atomic E-state index is -0.879. The second-order valence-electron chi connectivity index (χ2n) is 3.51. The number of carboxylic acids is 1. The maximum absolute atomic E-state index is 10.2. The minimum absolute atomic E-state index is 0.331. The van der Waals surface area contributed by atoms with Crippen LogP contribution in [0.4, 0.5) is 0 Å². The van der Waals surface area contributed by atoms with E-state index in [0.717, 1.165) is 6.42 Å². The lowest BCUT2D eigenvalue weighted by Gasteiger charge is -1.89. The zero-order valence-corrected chi connectivity index (χ0v) is 15.8. The zero-order chi connectivity index (χ0) is 18.5. The Labute approximate surface area is 143 Å². The van der Waals surface area contributed by atoms with Crippen LogP contribution in [0.1, 0.15) is 64.4 Å². The molecule has 0 fully saturated rings. The molecule has 0 aliphatic carbocycles. The first-order chi connectivity index (χ1) is 11.2. The van der Waals surface area contributed by atoms with Crippen LogP contribution in [0.2, 0.25) is 0 Å². The van der Waals surface area contributed by atoms with Crippen molar-refractivity contribution in [3.63, 3.8) is 0 Å². The SMILES string of the molecule is CC.CC.CC.CCc1ccccc1.O=C(O)c1ccccc1. The molecule has 0 saturated heterocycles. The molecule has 23 heavy (non-hydrogen) atoms. The monoisotopic (exact) mass is 318 g/mol. The Kier molecular flexibility index (Phi) is 24.9. The van der Waals surface area contributed by atoms with Crippen LogP contribution in [0.25, 0.3) is 0 Å². The Morgan fingerprint density at radius 1 is 0.739 bits per heavy atom. The van der Waals surface area contributed by atoms with Gasteiger partial charge in [0.05, 0.1) is 5.56 Å². The second kappa shape index (κ2) is 22.2. The van der Waals surface area contributed by atoms with E-state index in [0.29, 0.717) is 5.56 Å². The summed E-state index contributed by atoms with van der Waals surface area (Å²) in [5.41, 5.74) is 1.74. The lowest BCUT2D eigenvalue weighted by molar-refractivity contribution is 0.0697. The van der Waals surface area contributed by atoms with Crippen LogP contribution in [0, 0.1) is 0 Å². The quantitative estimate of drug-likeness (QED) is 0.668. The number of rotatable bonds is 2. The molecule has 1 N–H and O–H groups in total. The molecule has 0 aliphatic heterocycles. The molecule has 2 heteroatoms. The lowest BCUT2D eigenvalue weighted by atomic mass is 10.2. The summed E-state index contributed by atoms with van der Waals surface area (Å²) in [6.45, 7) is 14.2. The second-order valence-corrected chi connectivity index (χ2v) is 3.51. The third kappa shape index (κ3) is 16.1. The molecule has 0 unspecified atom stereocenters. The van der Waals surface area contributed by atoms with Crippen LogP contribution < -0.4 is 0 Å². The van der Waals surface area contributed by atoms with Crippen LogP contribution in [0.15, 0.2) is 60.7 Å². The van der Waals surface area contributed by atoms with Crippen molar-refractivity contribution in [3.8, 4) is 0 Å². The van der Waals surface area contributed by atoms with Crippen LogP contribution in [0.3, 0.4) is 0 Å². The first-order valence-corrected chi connectivity index (χ1v) is 8.56. The molecule has 2 aromatic rings. The smallest absolute Gasteiger partial charge is 0.335 e. The van der Waals surface area contributed by atoms with E-state index in [1.807, 2.05) is 47.6 Å². The molecular formula is C21H34O2. The molecule has 0 atom stereocenters. The molecule has 0 radical (unpaired) electrons. The molecule has 0 saturated carbocycles. The normalized spacial score (nSPS) is 7.43. The highest BCUT2D eigenvalue weighted by Crippen LogP contribution is 1.97. The Morgan fingerprint density at radius 3 is 1.30 bits per heavy atom. The molecule has 0 spiro atoms. The first-order valence-electron chi connectivity index (χ1n) is 8.56. The van der Waals surface area contributed by atoms with Crippen molar-refractivity contribution >= 4 is 5.97 Å². The van der Waals surface area contributed by atoms with Crippen molar-refractivity contribution in [3.05, 3.63) is 71.8 Å². The van der Waals surface area contributed by atoms with Gasteiger partial charge in [0.25, 0.3) is 0 Å². The van der Waals surface area contributed by atoms with Gasteiger partial charge in [0, 0.05) is 0 Å².